The zero-order valence-electron chi connectivity index (χ0n) is 12.9. The van der Waals surface area contributed by atoms with Gasteiger partial charge in [0, 0.05) is 11.1 Å². The summed E-state index contributed by atoms with van der Waals surface area (Å²) in [6.45, 7) is 6.98. The van der Waals surface area contributed by atoms with Gasteiger partial charge in [-0.2, -0.15) is 0 Å². The van der Waals surface area contributed by atoms with Crippen LogP contribution in [-0.4, -0.2) is 4.98 Å². The van der Waals surface area contributed by atoms with Crippen LogP contribution >= 0.6 is 0 Å². The first-order chi connectivity index (χ1) is 9.66. The van der Waals surface area contributed by atoms with Crippen molar-refractivity contribution < 1.29 is 0 Å². The number of aryl methyl sites for hydroxylation is 1. The Labute approximate surface area is 122 Å². The molecule has 3 unspecified atom stereocenters. The van der Waals surface area contributed by atoms with E-state index in [-0.39, 0.29) is 0 Å². The third-order valence-electron chi connectivity index (χ3n) is 5.19. The molecule has 1 aliphatic rings. The SMILES string of the molecule is Cc1cc(C(C)C2CCCCC2C)c2ccccc2n1. The van der Waals surface area contributed by atoms with Gasteiger partial charge in [-0.05, 0) is 48.8 Å². The summed E-state index contributed by atoms with van der Waals surface area (Å²) in [7, 11) is 0. The fourth-order valence-electron chi connectivity index (χ4n) is 4.04. The van der Waals surface area contributed by atoms with E-state index in [1.807, 2.05) is 0 Å². The molecular weight excluding hydrogens is 242 g/mol. The molecule has 106 valence electrons. The molecule has 1 aromatic carbocycles. The molecule has 1 saturated carbocycles. The molecule has 0 N–H and O–H groups in total. The highest BCUT2D eigenvalue weighted by molar-refractivity contribution is 5.82. The molecule has 0 amide bonds. The number of nitrogens with zero attached hydrogens (tertiary/aromatic N) is 1. The molecule has 1 aromatic heterocycles. The molecule has 0 spiro atoms. The van der Waals surface area contributed by atoms with Crippen LogP contribution in [0.15, 0.2) is 30.3 Å². The average Bonchev–Trinajstić information content (AvgIpc) is 2.46. The van der Waals surface area contributed by atoms with Gasteiger partial charge in [-0.15, -0.1) is 0 Å². The minimum atomic E-state index is 0.636. The smallest absolute Gasteiger partial charge is 0.0708 e. The first-order valence-electron chi connectivity index (χ1n) is 8.03. The Bertz CT molecular complexity index is 602. The number of fused-ring (bicyclic) bond motifs is 1. The van der Waals surface area contributed by atoms with Crippen molar-refractivity contribution in [3.63, 3.8) is 0 Å². The normalized spacial score (nSPS) is 24.8. The lowest BCUT2D eigenvalue weighted by Gasteiger charge is -2.34. The molecule has 1 aliphatic carbocycles. The number of rotatable bonds is 2. The maximum absolute atomic E-state index is 4.68. The molecule has 3 atom stereocenters. The van der Waals surface area contributed by atoms with Crippen LogP contribution in [0, 0.1) is 18.8 Å². The molecule has 3 rings (SSSR count). The van der Waals surface area contributed by atoms with Crippen molar-refractivity contribution in [1.82, 2.24) is 4.98 Å². The summed E-state index contributed by atoms with van der Waals surface area (Å²) in [5.74, 6) is 2.32. The van der Waals surface area contributed by atoms with E-state index in [9.17, 15) is 0 Å². The van der Waals surface area contributed by atoms with Gasteiger partial charge in [0.25, 0.3) is 0 Å². The van der Waals surface area contributed by atoms with Crippen LogP contribution in [0.3, 0.4) is 0 Å². The summed E-state index contributed by atoms with van der Waals surface area (Å²) in [5.41, 5.74) is 3.80. The Hall–Kier alpha value is -1.37. The van der Waals surface area contributed by atoms with Gasteiger partial charge in [0.2, 0.25) is 0 Å². The highest BCUT2D eigenvalue weighted by atomic mass is 14.7. The summed E-state index contributed by atoms with van der Waals surface area (Å²) in [5, 5.41) is 1.35. The number of benzene rings is 1. The van der Waals surface area contributed by atoms with Crippen LogP contribution in [0.1, 0.15) is 56.7 Å². The topological polar surface area (TPSA) is 12.9 Å². The number of aromatic nitrogens is 1. The van der Waals surface area contributed by atoms with Crippen molar-refractivity contribution in [2.45, 2.75) is 52.4 Å². The van der Waals surface area contributed by atoms with E-state index in [0.717, 1.165) is 23.0 Å². The molecule has 2 aromatic rings. The maximum Gasteiger partial charge on any atom is 0.0708 e. The van der Waals surface area contributed by atoms with Crippen LogP contribution in [0.4, 0.5) is 0 Å². The van der Waals surface area contributed by atoms with Crippen molar-refractivity contribution in [1.29, 1.82) is 0 Å². The monoisotopic (exact) mass is 267 g/mol. The predicted molar refractivity (Wildman–Crippen MR) is 86.0 cm³/mol. The van der Waals surface area contributed by atoms with Gasteiger partial charge >= 0.3 is 0 Å². The minimum absolute atomic E-state index is 0.636. The van der Waals surface area contributed by atoms with Crippen molar-refractivity contribution in [3.8, 4) is 0 Å². The van der Waals surface area contributed by atoms with Crippen molar-refractivity contribution in [2.75, 3.05) is 0 Å². The minimum Gasteiger partial charge on any atom is -0.253 e. The number of pyridine rings is 1. The van der Waals surface area contributed by atoms with E-state index in [1.54, 1.807) is 0 Å². The zero-order valence-corrected chi connectivity index (χ0v) is 12.9. The zero-order chi connectivity index (χ0) is 14.1. The van der Waals surface area contributed by atoms with E-state index in [1.165, 1.54) is 36.6 Å². The number of hydrogen-bond donors (Lipinski definition) is 0. The third-order valence-corrected chi connectivity index (χ3v) is 5.19. The summed E-state index contributed by atoms with van der Waals surface area (Å²) in [6.07, 6.45) is 5.61. The molecule has 1 heteroatoms. The summed E-state index contributed by atoms with van der Waals surface area (Å²) < 4.78 is 0. The molecular formula is C19H25N. The van der Waals surface area contributed by atoms with Crippen molar-refractivity contribution in [2.24, 2.45) is 11.8 Å². The first-order valence-corrected chi connectivity index (χ1v) is 8.03. The predicted octanol–water partition coefficient (Wildman–Crippen LogP) is 5.47. The van der Waals surface area contributed by atoms with Gasteiger partial charge in [-0.3, -0.25) is 4.98 Å². The Kier molecular flexibility index (Phi) is 3.78. The van der Waals surface area contributed by atoms with Crippen molar-refractivity contribution >= 4 is 10.9 Å². The van der Waals surface area contributed by atoms with Gasteiger partial charge in [0.15, 0.2) is 0 Å². The largest absolute Gasteiger partial charge is 0.253 e. The van der Waals surface area contributed by atoms with Gasteiger partial charge in [0.1, 0.15) is 0 Å². The maximum atomic E-state index is 4.68. The van der Waals surface area contributed by atoms with Gasteiger partial charge in [-0.1, -0.05) is 51.3 Å². The average molecular weight is 267 g/mol. The van der Waals surface area contributed by atoms with Crippen LogP contribution in [0.2, 0.25) is 0 Å². The van der Waals surface area contributed by atoms with Crippen LogP contribution in [0.25, 0.3) is 10.9 Å². The second-order valence-corrected chi connectivity index (χ2v) is 6.58. The van der Waals surface area contributed by atoms with Crippen LogP contribution in [-0.2, 0) is 0 Å². The summed E-state index contributed by atoms with van der Waals surface area (Å²) >= 11 is 0. The lowest BCUT2D eigenvalue weighted by Crippen LogP contribution is -2.22. The lowest BCUT2D eigenvalue weighted by molar-refractivity contribution is 0.225. The Morgan fingerprint density at radius 2 is 1.90 bits per heavy atom. The molecule has 0 bridgehead atoms. The first kappa shape index (κ1) is 13.6. The van der Waals surface area contributed by atoms with E-state index < -0.39 is 0 Å². The summed E-state index contributed by atoms with van der Waals surface area (Å²) in [4.78, 5) is 4.68. The molecule has 1 nitrogen and oxygen atoms in total. The van der Waals surface area contributed by atoms with Crippen LogP contribution < -0.4 is 0 Å². The molecule has 0 saturated heterocycles. The van der Waals surface area contributed by atoms with E-state index >= 15 is 0 Å². The Morgan fingerprint density at radius 3 is 2.70 bits per heavy atom. The van der Waals surface area contributed by atoms with Gasteiger partial charge < -0.3 is 0 Å². The van der Waals surface area contributed by atoms with E-state index in [2.05, 4.69) is 56.1 Å². The van der Waals surface area contributed by atoms with Crippen LogP contribution in [0.5, 0.6) is 0 Å². The number of para-hydroxylation sites is 1. The lowest BCUT2D eigenvalue weighted by atomic mass is 9.71. The summed E-state index contributed by atoms with van der Waals surface area (Å²) in [6, 6.07) is 10.9. The quantitative estimate of drug-likeness (QED) is 0.702. The highest BCUT2D eigenvalue weighted by Gasteiger charge is 2.28. The van der Waals surface area contributed by atoms with Gasteiger partial charge in [0.05, 0.1) is 5.52 Å². The Morgan fingerprint density at radius 1 is 1.15 bits per heavy atom. The molecule has 20 heavy (non-hydrogen) atoms. The second kappa shape index (κ2) is 5.55. The highest BCUT2D eigenvalue weighted by Crippen LogP contribution is 2.41. The molecule has 0 radical (unpaired) electrons. The van der Waals surface area contributed by atoms with Crippen molar-refractivity contribution in [3.05, 3.63) is 41.6 Å². The van der Waals surface area contributed by atoms with E-state index in [0.29, 0.717) is 5.92 Å². The second-order valence-electron chi connectivity index (χ2n) is 6.58. The Balaban J connectivity index is 2.04. The van der Waals surface area contributed by atoms with Gasteiger partial charge in [-0.25, -0.2) is 0 Å². The molecule has 0 aliphatic heterocycles. The fourth-order valence-corrected chi connectivity index (χ4v) is 4.04. The molecule has 1 fully saturated rings. The standard InChI is InChI=1S/C19H25N/c1-13-8-4-5-9-16(13)15(3)18-12-14(2)20-19-11-7-6-10-17(18)19/h6-7,10-13,15-16H,4-5,8-9H2,1-3H3. The number of hydrogen-bond acceptors (Lipinski definition) is 1. The van der Waals surface area contributed by atoms with E-state index in [4.69, 9.17) is 0 Å². The molecule has 1 heterocycles. The fraction of sp³-hybridized carbons (Fsp3) is 0.526. The third kappa shape index (κ3) is 2.46.